The van der Waals surface area contributed by atoms with Gasteiger partial charge in [0.2, 0.25) is 0 Å². The molecule has 1 saturated heterocycles. The summed E-state index contributed by atoms with van der Waals surface area (Å²) in [5.74, 6) is -1.28. The van der Waals surface area contributed by atoms with Crippen LogP contribution in [0, 0.1) is 19.8 Å². The first kappa shape index (κ1) is 21.2. The highest BCUT2D eigenvalue weighted by molar-refractivity contribution is 5.98. The number of rotatable bonds is 8. The van der Waals surface area contributed by atoms with E-state index in [9.17, 15) is 4.79 Å². The number of nitrogens with zero attached hydrogens (tertiary/aromatic N) is 1. The zero-order valence-corrected chi connectivity index (χ0v) is 16.5. The molecule has 0 saturated carbocycles. The van der Waals surface area contributed by atoms with Crippen LogP contribution in [0.4, 0.5) is 4.79 Å². The molecule has 7 nitrogen and oxygen atoms in total. The molecule has 0 unspecified atom stereocenters. The molecule has 1 aliphatic rings. The summed E-state index contributed by atoms with van der Waals surface area (Å²) in [6.07, 6.45) is 1.33. The van der Waals surface area contributed by atoms with E-state index in [0.717, 1.165) is 30.5 Å². The summed E-state index contributed by atoms with van der Waals surface area (Å²) < 4.78 is 15.4. The summed E-state index contributed by atoms with van der Waals surface area (Å²) in [6.45, 7) is 8.95. The van der Waals surface area contributed by atoms with Gasteiger partial charge in [0.25, 0.3) is 0 Å². The molecule has 2 rings (SSSR count). The first-order chi connectivity index (χ1) is 12.8. The highest BCUT2D eigenvalue weighted by Gasteiger charge is 2.36. The van der Waals surface area contributed by atoms with Gasteiger partial charge < -0.3 is 24.2 Å². The highest BCUT2D eigenvalue weighted by atomic mass is 16.9. The molecule has 1 heterocycles. The summed E-state index contributed by atoms with van der Waals surface area (Å²) in [5.41, 5.74) is 4.44. The van der Waals surface area contributed by atoms with Crippen LogP contribution in [0.1, 0.15) is 49.8 Å². The molecule has 1 aromatic rings. The normalized spacial score (nSPS) is 23.1. The highest BCUT2D eigenvalue weighted by Crippen LogP contribution is 2.25. The minimum atomic E-state index is -1.49. The van der Waals surface area contributed by atoms with E-state index in [2.05, 4.69) is 41.9 Å². The van der Waals surface area contributed by atoms with Crippen molar-refractivity contribution in [1.29, 1.82) is 0 Å². The van der Waals surface area contributed by atoms with Gasteiger partial charge in [-0.25, -0.2) is 4.79 Å². The van der Waals surface area contributed by atoms with Crippen molar-refractivity contribution < 1.29 is 28.9 Å². The molecule has 0 atom stereocenters. The molecule has 150 valence electrons. The maximum atomic E-state index is 10.6. The van der Waals surface area contributed by atoms with Crippen LogP contribution in [0.2, 0.25) is 0 Å². The van der Waals surface area contributed by atoms with E-state index in [-0.39, 0.29) is 5.92 Å². The van der Waals surface area contributed by atoms with Gasteiger partial charge in [-0.2, -0.15) is 0 Å². The average molecular weight is 379 g/mol. The Balaban J connectivity index is 1.62. The van der Waals surface area contributed by atoms with Crippen LogP contribution >= 0.6 is 0 Å². The lowest BCUT2D eigenvalue weighted by molar-refractivity contribution is -0.379. The molecule has 0 amide bonds. The number of hydrogen-bond donors (Lipinski definition) is 1. The van der Waals surface area contributed by atoms with E-state index in [1.54, 1.807) is 0 Å². The van der Waals surface area contributed by atoms with E-state index in [0.29, 0.717) is 19.8 Å². The Morgan fingerprint density at radius 2 is 1.96 bits per heavy atom. The fourth-order valence-electron chi connectivity index (χ4n) is 2.77. The van der Waals surface area contributed by atoms with Crippen LogP contribution < -0.4 is 0 Å². The van der Waals surface area contributed by atoms with Gasteiger partial charge in [-0.3, -0.25) is 0 Å². The third-order valence-electron chi connectivity index (χ3n) is 4.66. The molecule has 7 heteroatoms. The number of benzene rings is 1. The van der Waals surface area contributed by atoms with Crippen LogP contribution in [0.3, 0.4) is 0 Å². The summed E-state index contributed by atoms with van der Waals surface area (Å²) in [6, 6.07) is 6.25. The zero-order chi connectivity index (χ0) is 19.9. The Bertz CT molecular complexity index is 664. The third kappa shape index (κ3) is 6.84. The maximum absolute atomic E-state index is 10.6. The van der Waals surface area contributed by atoms with Crippen molar-refractivity contribution in [2.75, 3.05) is 19.8 Å². The molecule has 1 N–H and O–H groups in total. The van der Waals surface area contributed by atoms with Gasteiger partial charge in [0.1, 0.15) is 6.61 Å². The number of ether oxygens (including phenoxy) is 3. The predicted molar refractivity (Wildman–Crippen MR) is 101 cm³/mol. The molecule has 0 bridgehead atoms. The standard InChI is InChI=1S/C20H29NO6/c1-14-8-9-18(11-15(14)2)16(3)21-26-10-6-5-7-17-12-24-20(4,25-13-17)27-19(22)23/h8-9,11,17H,5-7,10,12-13H2,1-4H3,(H,22,23). The minimum absolute atomic E-state index is 0.219. The maximum Gasteiger partial charge on any atom is 0.510 e. The van der Waals surface area contributed by atoms with Crippen molar-refractivity contribution in [3.8, 4) is 0 Å². The SMILES string of the molecule is CC(=NOCCCCC1COC(C)(OC(=O)O)OC1)c1ccc(C)c(C)c1. The van der Waals surface area contributed by atoms with Crippen LogP contribution in [0.5, 0.6) is 0 Å². The van der Waals surface area contributed by atoms with Gasteiger partial charge in [-0.1, -0.05) is 17.3 Å². The molecule has 1 fully saturated rings. The molecule has 0 radical (unpaired) electrons. The summed E-state index contributed by atoms with van der Waals surface area (Å²) in [7, 11) is 0. The first-order valence-electron chi connectivity index (χ1n) is 9.23. The van der Waals surface area contributed by atoms with E-state index >= 15 is 0 Å². The second kappa shape index (κ2) is 9.71. The molecule has 1 aliphatic heterocycles. The predicted octanol–water partition coefficient (Wildman–Crippen LogP) is 4.25. The summed E-state index contributed by atoms with van der Waals surface area (Å²) in [4.78, 5) is 16.0. The largest absolute Gasteiger partial charge is 0.510 e. The van der Waals surface area contributed by atoms with Gasteiger partial charge in [0, 0.05) is 12.8 Å². The lowest BCUT2D eigenvalue weighted by Gasteiger charge is -2.35. The monoisotopic (exact) mass is 379 g/mol. The van der Waals surface area contributed by atoms with Crippen molar-refractivity contribution >= 4 is 11.9 Å². The average Bonchev–Trinajstić information content (AvgIpc) is 2.61. The summed E-state index contributed by atoms with van der Waals surface area (Å²) >= 11 is 0. The van der Waals surface area contributed by atoms with Crippen molar-refractivity contribution in [3.05, 3.63) is 34.9 Å². The molecular weight excluding hydrogens is 350 g/mol. The van der Waals surface area contributed by atoms with Crippen LogP contribution in [-0.4, -0.2) is 42.8 Å². The molecule has 0 aromatic heterocycles. The third-order valence-corrected chi connectivity index (χ3v) is 4.66. The number of carboxylic acid groups (broad SMARTS) is 1. The second-order valence-electron chi connectivity index (χ2n) is 7.02. The number of carbonyl (C=O) groups is 1. The van der Waals surface area contributed by atoms with Crippen molar-refractivity contribution in [2.45, 2.75) is 52.9 Å². The second-order valence-corrected chi connectivity index (χ2v) is 7.02. The van der Waals surface area contributed by atoms with Gasteiger partial charge in [-0.15, -0.1) is 0 Å². The van der Waals surface area contributed by atoms with Gasteiger partial charge in [0.15, 0.2) is 0 Å². The van der Waals surface area contributed by atoms with Crippen LogP contribution in [-0.2, 0) is 19.0 Å². The van der Waals surface area contributed by atoms with Gasteiger partial charge in [-0.05, 0) is 62.8 Å². The zero-order valence-electron chi connectivity index (χ0n) is 16.5. The van der Waals surface area contributed by atoms with Crippen LogP contribution in [0.15, 0.2) is 23.4 Å². The number of oxime groups is 1. The molecular formula is C20H29NO6. The Morgan fingerprint density at radius 3 is 2.59 bits per heavy atom. The van der Waals surface area contributed by atoms with E-state index in [1.165, 1.54) is 18.1 Å². The quantitative estimate of drug-likeness (QED) is 0.315. The number of aryl methyl sites for hydroxylation is 2. The van der Waals surface area contributed by atoms with E-state index in [1.807, 2.05) is 6.92 Å². The Morgan fingerprint density at radius 1 is 1.26 bits per heavy atom. The van der Waals surface area contributed by atoms with Crippen molar-refractivity contribution in [1.82, 2.24) is 0 Å². The van der Waals surface area contributed by atoms with E-state index < -0.39 is 12.1 Å². The smallest absolute Gasteiger partial charge is 0.450 e. The molecule has 0 aliphatic carbocycles. The fourth-order valence-corrected chi connectivity index (χ4v) is 2.77. The molecule has 1 aromatic carbocycles. The number of hydrogen-bond acceptors (Lipinski definition) is 6. The number of unbranched alkanes of at least 4 members (excludes halogenated alkanes) is 1. The van der Waals surface area contributed by atoms with E-state index in [4.69, 9.17) is 19.4 Å². The van der Waals surface area contributed by atoms with Gasteiger partial charge >= 0.3 is 12.1 Å². The Hall–Kier alpha value is -2.12. The minimum Gasteiger partial charge on any atom is -0.450 e. The topological polar surface area (TPSA) is 86.6 Å². The Kier molecular flexibility index (Phi) is 7.62. The molecule has 27 heavy (non-hydrogen) atoms. The lowest BCUT2D eigenvalue weighted by Crippen LogP contribution is -2.45. The summed E-state index contributed by atoms with van der Waals surface area (Å²) in [5, 5.41) is 12.8. The fraction of sp³-hybridized carbons (Fsp3) is 0.600. The molecule has 0 spiro atoms. The van der Waals surface area contributed by atoms with Crippen LogP contribution in [0.25, 0.3) is 0 Å². The van der Waals surface area contributed by atoms with Crippen molar-refractivity contribution in [3.63, 3.8) is 0 Å². The lowest BCUT2D eigenvalue weighted by atomic mass is 10.0. The first-order valence-corrected chi connectivity index (χ1v) is 9.23. The Labute approximate surface area is 160 Å². The van der Waals surface area contributed by atoms with Crippen molar-refractivity contribution in [2.24, 2.45) is 11.1 Å². The van der Waals surface area contributed by atoms with Gasteiger partial charge in [0.05, 0.1) is 18.9 Å².